The van der Waals surface area contributed by atoms with E-state index < -0.39 is 0 Å². The maximum Gasteiger partial charge on any atom is 0.135 e. The smallest absolute Gasteiger partial charge is 0.135 e. The molecule has 0 aliphatic heterocycles. The first kappa shape index (κ1) is 28.3. The zero-order valence-corrected chi connectivity index (χ0v) is 23.4. The van der Waals surface area contributed by atoms with Crippen LogP contribution in [0.3, 0.4) is 0 Å². The minimum Gasteiger partial charge on any atom is -0.490 e. The summed E-state index contributed by atoms with van der Waals surface area (Å²) in [6.45, 7) is 17.1. The Bertz CT molecular complexity index is 1100. The van der Waals surface area contributed by atoms with Crippen LogP contribution in [0.15, 0.2) is 36.4 Å². The van der Waals surface area contributed by atoms with Gasteiger partial charge in [0.1, 0.15) is 24.7 Å². The number of benzene rings is 3. The summed E-state index contributed by atoms with van der Waals surface area (Å²) in [6.07, 6.45) is 5.40. The van der Waals surface area contributed by atoms with Crippen molar-refractivity contribution in [2.75, 3.05) is 39.6 Å². The third kappa shape index (κ3) is 7.36. The molecule has 0 radical (unpaired) electrons. The Morgan fingerprint density at radius 2 is 1.11 bits per heavy atom. The number of unbranched alkanes of at least 4 members (excludes halogenated alkanes) is 2. The first-order valence-electron chi connectivity index (χ1n) is 13.8. The van der Waals surface area contributed by atoms with Gasteiger partial charge in [0.2, 0.25) is 0 Å². The van der Waals surface area contributed by atoms with E-state index in [0.717, 1.165) is 78.4 Å². The van der Waals surface area contributed by atoms with Crippen molar-refractivity contribution in [3.8, 4) is 11.5 Å². The van der Waals surface area contributed by atoms with Crippen LogP contribution in [0.1, 0.15) is 78.4 Å². The zero-order chi connectivity index (χ0) is 26.0. The number of hydrogen-bond donors (Lipinski definition) is 0. The van der Waals surface area contributed by atoms with Crippen molar-refractivity contribution >= 4 is 21.5 Å². The number of fused-ring (bicyclic) bond motifs is 2. The first-order chi connectivity index (χ1) is 17.4. The molecule has 3 rings (SSSR count). The summed E-state index contributed by atoms with van der Waals surface area (Å²) in [5, 5.41) is 4.36. The molecule has 36 heavy (non-hydrogen) atoms. The Morgan fingerprint density at radius 1 is 0.583 bits per heavy atom. The average molecular weight is 495 g/mol. The molecule has 4 nitrogen and oxygen atoms in total. The molecular weight excluding hydrogens is 448 g/mol. The molecule has 0 unspecified atom stereocenters. The number of rotatable bonds is 15. The van der Waals surface area contributed by atoms with Gasteiger partial charge in [0.25, 0.3) is 0 Å². The maximum absolute atomic E-state index is 6.47. The highest BCUT2D eigenvalue weighted by atomic mass is 16.5. The Kier molecular flexibility index (Phi) is 10.9. The van der Waals surface area contributed by atoms with E-state index in [-0.39, 0.29) is 5.41 Å². The summed E-state index contributed by atoms with van der Waals surface area (Å²) in [5.41, 5.74) is 2.59. The average Bonchev–Trinajstić information content (AvgIpc) is 2.87. The minimum absolute atomic E-state index is 0.0316. The summed E-state index contributed by atoms with van der Waals surface area (Å²) in [7, 11) is 0. The van der Waals surface area contributed by atoms with E-state index in [1.54, 1.807) is 0 Å². The Labute approximate surface area is 218 Å². The van der Waals surface area contributed by atoms with Gasteiger partial charge in [-0.15, -0.1) is 0 Å². The molecule has 0 fully saturated rings. The van der Waals surface area contributed by atoms with Gasteiger partial charge >= 0.3 is 0 Å². The van der Waals surface area contributed by atoms with E-state index in [1.165, 1.54) is 11.1 Å². The quantitative estimate of drug-likeness (QED) is 0.157. The fourth-order valence-corrected chi connectivity index (χ4v) is 4.30. The Balaban J connectivity index is 2.05. The van der Waals surface area contributed by atoms with Crippen molar-refractivity contribution < 1.29 is 18.9 Å². The van der Waals surface area contributed by atoms with Crippen molar-refractivity contribution in [2.45, 2.75) is 79.1 Å². The molecule has 0 bridgehead atoms. The molecule has 3 aromatic rings. The molecule has 0 amide bonds. The normalized spacial score (nSPS) is 11.9. The molecule has 3 aromatic carbocycles. The molecule has 0 heterocycles. The largest absolute Gasteiger partial charge is 0.490 e. The fourth-order valence-electron chi connectivity index (χ4n) is 4.30. The van der Waals surface area contributed by atoms with E-state index in [4.69, 9.17) is 18.9 Å². The standard InChI is InChI=1S/C32H46O4/c1-7-10-16-33-18-20-35-30-27-15-13-25(32(4,5)6)23-29(27)31(36-21-19-34-17-11-8-2)26-14-12-24(9-3)22-28(26)30/h12-15,22-23H,7-11,16-21H2,1-6H3. The van der Waals surface area contributed by atoms with Gasteiger partial charge in [-0.2, -0.15) is 0 Å². The van der Waals surface area contributed by atoms with Gasteiger partial charge in [0.05, 0.1) is 13.2 Å². The highest BCUT2D eigenvalue weighted by Crippen LogP contribution is 2.44. The lowest BCUT2D eigenvalue weighted by Crippen LogP contribution is -2.12. The molecule has 4 heteroatoms. The van der Waals surface area contributed by atoms with Crippen LogP contribution < -0.4 is 9.47 Å². The predicted molar refractivity (Wildman–Crippen MR) is 152 cm³/mol. The van der Waals surface area contributed by atoms with E-state index in [0.29, 0.717) is 26.4 Å². The van der Waals surface area contributed by atoms with Gasteiger partial charge in [0, 0.05) is 34.8 Å². The second kappa shape index (κ2) is 13.9. The molecule has 0 N–H and O–H groups in total. The molecule has 0 atom stereocenters. The molecule has 0 aliphatic carbocycles. The van der Waals surface area contributed by atoms with E-state index in [1.807, 2.05) is 0 Å². The van der Waals surface area contributed by atoms with E-state index in [9.17, 15) is 0 Å². The summed E-state index contributed by atoms with van der Waals surface area (Å²) in [4.78, 5) is 0. The summed E-state index contributed by atoms with van der Waals surface area (Å²) in [5.74, 6) is 1.83. The van der Waals surface area contributed by atoms with Crippen LogP contribution in [0.4, 0.5) is 0 Å². The van der Waals surface area contributed by atoms with Crippen molar-refractivity contribution in [3.05, 3.63) is 47.5 Å². The summed E-state index contributed by atoms with van der Waals surface area (Å²) >= 11 is 0. The number of ether oxygens (including phenoxy) is 4. The molecule has 0 aliphatic rings. The third-order valence-corrected chi connectivity index (χ3v) is 6.59. The van der Waals surface area contributed by atoms with Crippen LogP contribution in [0.25, 0.3) is 21.5 Å². The van der Waals surface area contributed by atoms with Gasteiger partial charge in [-0.3, -0.25) is 0 Å². The first-order valence-corrected chi connectivity index (χ1v) is 13.8. The zero-order valence-electron chi connectivity index (χ0n) is 23.4. The van der Waals surface area contributed by atoms with Crippen molar-refractivity contribution in [2.24, 2.45) is 0 Å². The lowest BCUT2D eigenvalue weighted by atomic mass is 9.85. The second-order valence-corrected chi connectivity index (χ2v) is 10.5. The van der Waals surface area contributed by atoms with Crippen LogP contribution in [-0.2, 0) is 21.3 Å². The molecule has 0 saturated carbocycles. The molecule has 0 aromatic heterocycles. The second-order valence-electron chi connectivity index (χ2n) is 10.5. The highest BCUT2D eigenvalue weighted by molar-refractivity contribution is 6.11. The Morgan fingerprint density at radius 3 is 1.61 bits per heavy atom. The van der Waals surface area contributed by atoms with Gasteiger partial charge in [-0.05, 0) is 47.9 Å². The summed E-state index contributed by atoms with van der Waals surface area (Å²) in [6, 6.07) is 13.3. The maximum atomic E-state index is 6.47. The van der Waals surface area contributed by atoms with Crippen molar-refractivity contribution in [3.63, 3.8) is 0 Å². The van der Waals surface area contributed by atoms with Crippen LogP contribution in [0.5, 0.6) is 11.5 Å². The fraction of sp³-hybridized carbons (Fsp3) is 0.562. The van der Waals surface area contributed by atoms with Crippen LogP contribution in [0.2, 0.25) is 0 Å². The van der Waals surface area contributed by atoms with Crippen molar-refractivity contribution in [1.29, 1.82) is 0 Å². The van der Waals surface area contributed by atoms with Crippen molar-refractivity contribution in [1.82, 2.24) is 0 Å². The number of hydrogen-bond acceptors (Lipinski definition) is 4. The van der Waals surface area contributed by atoms with E-state index >= 15 is 0 Å². The minimum atomic E-state index is 0.0316. The molecule has 198 valence electrons. The lowest BCUT2D eigenvalue weighted by Gasteiger charge is -2.23. The Hall–Kier alpha value is -2.30. The van der Waals surface area contributed by atoms with Crippen LogP contribution >= 0.6 is 0 Å². The van der Waals surface area contributed by atoms with Gasteiger partial charge in [-0.25, -0.2) is 0 Å². The van der Waals surface area contributed by atoms with Gasteiger partial charge in [0.15, 0.2) is 0 Å². The van der Waals surface area contributed by atoms with Gasteiger partial charge < -0.3 is 18.9 Å². The van der Waals surface area contributed by atoms with E-state index in [2.05, 4.69) is 77.9 Å². The third-order valence-electron chi connectivity index (χ3n) is 6.59. The highest BCUT2D eigenvalue weighted by Gasteiger charge is 2.20. The summed E-state index contributed by atoms with van der Waals surface area (Å²) < 4.78 is 24.5. The molecular formula is C32H46O4. The predicted octanol–water partition coefficient (Wildman–Crippen LogP) is 8.24. The monoisotopic (exact) mass is 494 g/mol. The van der Waals surface area contributed by atoms with Gasteiger partial charge in [-0.1, -0.05) is 78.6 Å². The van der Waals surface area contributed by atoms with Crippen LogP contribution in [0, 0.1) is 0 Å². The SMILES string of the molecule is CCCCOCCOc1c2ccc(C(C)(C)C)cc2c(OCCOCCCC)c2ccc(CC)cc12. The topological polar surface area (TPSA) is 36.9 Å². The number of aryl methyl sites for hydroxylation is 1. The lowest BCUT2D eigenvalue weighted by molar-refractivity contribution is 0.0983. The van der Waals surface area contributed by atoms with Crippen LogP contribution in [-0.4, -0.2) is 39.6 Å². The molecule has 0 spiro atoms. The molecule has 0 saturated heterocycles.